The lowest BCUT2D eigenvalue weighted by molar-refractivity contribution is -0.122. The van der Waals surface area contributed by atoms with E-state index in [1.165, 1.54) is 10.9 Å². The number of carbonyl (C=O) groups is 2. The Morgan fingerprint density at radius 3 is 2.53 bits per heavy atom. The minimum Gasteiger partial charge on any atom is -0.371 e. The van der Waals surface area contributed by atoms with Crippen molar-refractivity contribution in [2.45, 2.75) is 32.1 Å². The van der Waals surface area contributed by atoms with Crippen LogP contribution in [0.3, 0.4) is 0 Å². The molecule has 30 heavy (non-hydrogen) atoms. The van der Waals surface area contributed by atoms with Crippen LogP contribution in [0.25, 0.3) is 10.9 Å². The molecule has 0 atom stereocenters. The van der Waals surface area contributed by atoms with Crippen molar-refractivity contribution in [2.75, 3.05) is 23.3 Å². The lowest BCUT2D eigenvalue weighted by atomic mass is 9.96. The first-order chi connectivity index (χ1) is 14.6. The number of primary amides is 1. The Kier molecular flexibility index (Phi) is 6.02. The van der Waals surface area contributed by atoms with Gasteiger partial charge in [0.2, 0.25) is 11.8 Å². The number of nitrogens with two attached hydrogens (primary N) is 1. The second-order valence-corrected chi connectivity index (χ2v) is 7.97. The van der Waals surface area contributed by atoms with Gasteiger partial charge in [-0.05, 0) is 61.6 Å². The van der Waals surface area contributed by atoms with E-state index in [1.54, 1.807) is 0 Å². The molecule has 1 aliphatic heterocycles. The minimum absolute atomic E-state index is 0.0101. The van der Waals surface area contributed by atoms with Crippen molar-refractivity contribution < 1.29 is 9.59 Å². The molecular weight excluding hydrogens is 376 g/mol. The van der Waals surface area contributed by atoms with Crippen molar-refractivity contribution in [1.82, 2.24) is 4.98 Å². The van der Waals surface area contributed by atoms with Crippen LogP contribution in [0.4, 0.5) is 11.4 Å². The number of nitrogens with zero attached hydrogens (tertiary/aromatic N) is 1. The molecule has 0 bridgehead atoms. The number of aromatic amines is 1. The zero-order chi connectivity index (χ0) is 20.9. The predicted molar refractivity (Wildman–Crippen MR) is 120 cm³/mol. The summed E-state index contributed by atoms with van der Waals surface area (Å²) in [5, 5.41) is 4.21. The summed E-state index contributed by atoms with van der Waals surface area (Å²) in [5.41, 5.74) is 9.71. The molecule has 0 unspecified atom stereocenters. The molecule has 0 radical (unpaired) electrons. The first kappa shape index (κ1) is 20.0. The summed E-state index contributed by atoms with van der Waals surface area (Å²) in [7, 11) is 0. The summed E-state index contributed by atoms with van der Waals surface area (Å²) in [6, 6.07) is 16.1. The first-order valence-electron chi connectivity index (χ1n) is 10.6. The number of nitrogens with one attached hydrogen (secondary N) is 2. The Hall–Kier alpha value is -3.28. The Bertz CT molecular complexity index is 1020. The molecule has 0 aliphatic carbocycles. The fourth-order valence-corrected chi connectivity index (χ4v) is 4.18. The zero-order valence-corrected chi connectivity index (χ0v) is 17.1. The van der Waals surface area contributed by atoms with Gasteiger partial charge in [-0.2, -0.15) is 0 Å². The van der Waals surface area contributed by atoms with Gasteiger partial charge in [0.1, 0.15) is 0 Å². The molecule has 2 aromatic carbocycles. The summed E-state index contributed by atoms with van der Waals surface area (Å²) < 4.78 is 0. The number of aromatic nitrogens is 1. The van der Waals surface area contributed by atoms with Crippen molar-refractivity contribution in [3.05, 3.63) is 60.3 Å². The normalized spacial score (nSPS) is 14.7. The fraction of sp³-hybridized carbons (Fsp3) is 0.333. The molecule has 1 saturated heterocycles. The van der Waals surface area contributed by atoms with Crippen LogP contribution in [-0.4, -0.2) is 29.9 Å². The van der Waals surface area contributed by atoms with Crippen LogP contribution in [0, 0.1) is 5.92 Å². The Labute approximate surface area is 176 Å². The van der Waals surface area contributed by atoms with Crippen LogP contribution in [0.2, 0.25) is 0 Å². The molecule has 0 saturated carbocycles. The van der Waals surface area contributed by atoms with Crippen molar-refractivity contribution in [2.24, 2.45) is 11.7 Å². The van der Waals surface area contributed by atoms with Crippen molar-refractivity contribution in [1.29, 1.82) is 0 Å². The van der Waals surface area contributed by atoms with Crippen LogP contribution < -0.4 is 16.0 Å². The monoisotopic (exact) mass is 404 g/mol. The van der Waals surface area contributed by atoms with Crippen LogP contribution in [0.1, 0.15) is 31.2 Å². The molecular formula is C24H28N4O2. The molecule has 1 aromatic heterocycles. The van der Waals surface area contributed by atoms with Crippen LogP contribution in [0.15, 0.2) is 54.7 Å². The highest BCUT2D eigenvalue weighted by atomic mass is 16.2. The highest BCUT2D eigenvalue weighted by Crippen LogP contribution is 2.25. The second kappa shape index (κ2) is 9.03. The number of rotatable bonds is 7. The number of fused-ring (bicyclic) bond motifs is 1. The zero-order valence-electron chi connectivity index (χ0n) is 17.1. The summed E-state index contributed by atoms with van der Waals surface area (Å²) in [4.78, 5) is 29.2. The van der Waals surface area contributed by atoms with Gasteiger partial charge in [0.05, 0.1) is 0 Å². The maximum absolute atomic E-state index is 12.3. The van der Waals surface area contributed by atoms with E-state index in [1.807, 2.05) is 42.6 Å². The average Bonchev–Trinajstić information content (AvgIpc) is 3.17. The third-order valence-corrected chi connectivity index (χ3v) is 5.94. The molecule has 1 aliphatic rings. The lowest BCUT2D eigenvalue weighted by Crippen LogP contribution is -2.38. The minimum atomic E-state index is -0.197. The van der Waals surface area contributed by atoms with E-state index < -0.39 is 0 Å². The average molecular weight is 405 g/mol. The molecule has 1 fully saturated rings. The maximum atomic E-state index is 12.3. The lowest BCUT2D eigenvalue weighted by Gasteiger charge is -2.32. The van der Waals surface area contributed by atoms with E-state index in [0.717, 1.165) is 55.7 Å². The number of para-hydroxylation sites is 1. The van der Waals surface area contributed by atoms with Gasteiger partial charge in [0.25, 0.3) is 0 Å². The quantitative estimate of drug-likeness (QED) is 0.559. The van der Waals surface area contributed by atoms with E-state index in [-0.39, 0.29) is 17.7 Å². The Balaban J connectivity index is 1.24. The van der Waals surface area contributed by atoms with E-state index >= 15 is 0 Å². The van der Waals surface area contributed by atoms with Gasteiger partial charge < -0.3 is 20.9 Å². The highest BCUT2D eigenvalue weighted by Gasteiger charge is 2.23. The van der Waals surface area contributed by atoms with Gasteiger partial charge >= 0.3 is 0 Å². The Morgan fingerprint density at radius 2 is 1.80 bits per heavy atom. The van der Waals surface area contributed by atoms with Crippen LogP contribution in [0.5, 0.6) is 0 Å². The number of H-pyrrole nitrogens is 1. The number of hydrogen-bond donors (Lipinski definition) is 3. The molecule has 156 valence electrons. The van der Waals surface area contributed by atoms with Crippen molar-refractivity contribution in [3.63, 3.8) is 0 Å². The SMILES string of the molecule is NC(=O)C1CCN(c2ccc(NC(=O)CCCc3c[nH]c4ccccc34)cc2)CC1. The first-order valence-corrected chi connectivity index (χ1v) is 10.6. The smallest absolute Gasteiger partial charge is 0.224 e. The van der Waals surface area contributed by atoms with Gasteiger partial charge in [-0.1, -0.05) is 18.2 Å². The van der Waals surface area contributed by atoms with Gasteiger partial charge in [-0.3, -0.25) is 9.59 Å². The topological polar surface area (TPSA) is 91.2 Å². The number of hydrogen-bond acceptors (Lipinski definition) is 3. The molecule has 6 nitrogen and oxygen atoms in total. The second-order valence-electron chi connectivity index (χ2n) is 7.97. The number of piperidine rings is 1. The molecule has 4 rings (SSSR count). The summed E-state index contributed by atoms with van der Waals surface area (Å²) in [6.07, 6.45) is 5.79. The van der Waals surface area contributed by atoms with Crippen molar-refractivity contribution >= 4 is 34.1 Å². The molecule has 6 heteroatoms. The molecule has 0 spiro atoms. The van der Waals surface area contributed by atoms with E-state index in [0.29, 0.717) is 6.42 Å². The van der Waals surface area contributed by atoms with Gasteiger partial charge in [0, 0.05) is 53.9 Å². The fourth-order valence-electron chi connectivity index (χ4n) is 4.18. The summed E-state index contributed by atoms with van der Waals surface area (Å²) >= 11 is 0. The van der Waals surface area contributed by atoms with Gasteiger partial charge in [-0.15, -0.1) is 0 Å². The van der Waals surface area contributed by atoms with E-state index in [2.05, 4.69) is 27.3 Å². The maximum Gasteiger partial charge on any atom is 0.224 e. The number of benzene rings is 2. The molecule has 2 heterocycles. The standard InChI is InChI=1S/C24H28N4O2/c25-24(30)17-12-14-28(15-13-17)20-10-8-19(9-11-20)27-23(29)7-3-4-18-16-26-22-6-2-1-5-21(18)22/h1-2,5-6,8-11,16-17,26H,3-4,7,12-15H2,(H2,25,30)(H,27,29). The van der Waals surface area contributed by atoms with Crippen LogP contribution >= 0.6 is 0 Å². The number of anilines is 2. The highest BCUT2D eigenvalue weighted by molar-refractivity contribution is 5.91. The largest absolute Gasteiger partial charge is 0.371 e. The van der Waals surface area contributed by atoms with E-state index in [4.69, 9.17) is 5.73 Å². The Morgan fingerprint density at radius 1 is 1.07 bits per heavy atom. The molecule has 4 N–H and O–H groups in total. The molecule has 3 aromatic rings. The van der Waals surface area contributed by atoms with E-state index in [9.17, 15) is 9.59 Å². The number of carbonyl (C=O) groups excluding carboxylic acids is 2. The summed E-state index contributed by atoms with van der Waals surface area (Å²) in [5.74, 6) is -0.175. The molecule has 2 amide bonds. The van der Waals surface area contributed by atoms with Crippen molar-refractivity contribution in [3.8, 4) is 0 Å². The third-order valence-electron chi connectivity index (χ3n) is 5.94. The third kappa shape index (κ3) is 4.64. The number of aryl methyl sites for hydroxylation is 1. The van der Waals surface area contributed by atoms with Gasteiger partial charge in [0.15, 0.2) is 0 Å². The number of amides is 2. The van der Waals surface area contributed by atoms with Crippen LogP contribution in [-0.2, 0) is 16.0 Å². The summed E-state index contributed by atoms with van der Waals surface area (Å²) in [6.45, 7) is 1.65. The predicted octanol–water partition coefficient (Wildman–Crippen LogP) is 3.83. The van der Waals surface area contributed by atoms with Gasteiger partial charge in [-0.25, -0.2) is 0 Å².